The number of thioether (sulfide) groups is 1. The molecule has 2 aromatic rings. The van der Waals surface area contributed by atoms with Gasteiger partial charge in [0.15, 0.2) is 0 Å². The van der Waals surface area contributed by atoms with Gasteiger partial charge in [-0.1, -0.05) is 59.6 Å². The summed E-state index contributed by atoms with van der Waals surface area (Å²) in [6.45, 7) is 4.02. The minimum atomic E-state index is -0.229. The van der Waals surface area contributed by atoms with Crippen molar-refractivity contribution in [1.29, 1.82) is 0 Å². The Kier molecular flexibility index (Phi) is 6.97. The highest BCUT2D eigenvalue weighted by atomic mass is 35.5. The molecule has 2 saturated heterocycles. The van der Waals surface area contributed by atoms with Gasteiger partial charge in [-0.25, -0.2) is 0 Å². The van der Waals surface area contributed by atoms with E-state index in [1.54, 1.807) is 11.8 Å². The Morgan fingerprint density at radius 2 is 1.97 bits per heavy atom. The Morgan fingerprint density at radius 3 is 2.74 bits per heavy atom. The molecule has 8 heteroatoms. The van der Waals surface area contributed by atoms with Crippen LogP contribution < -0.4 is 16.0 Å². The Balaban J connectivity index is 1.17. The van der Waals surface area contributed by atoms with Crippen LogP contribution in [0.15, 0.2) is 53.9 Å². The second-order valence-corrected chi connectivity index (χ2v) is 10.6. The molecule has 0 aromatic heterocycles. The number of carbonyl (C=O) groups is 2. The van der Waals surface area contributed by atoms with E-state index in [-0.39, 0.29) is 35.3 Å². The van der Waals surface area contributed by atoms with Gasteiger partial charge in [0.25, 0.3) is 0 Å². The molecule has 2 fully saturated rings. The van der Waals surface area contributed by atoms with E-state index in [0.29, 0.717) is 11.6 Å². The van der Waals surface area contributed by atoms with Crippen LogP contribution in [0.25, 0.3) is 5.57 Å². The highest BCUT2D eigenvalue weighted by Crippen LogP contribution is 2.39. The lowest BCUT2D eigenvalue weighted by atomic mass is 9.94. The molecule has 5 rings (SSSR count). The molecule has 2 aromatic carbocycles. The van der Waals surface area contributed by atoms with Crippen molar-refractivity contribution in [2.24, 2.45) is 5.92 Å². The number of carbonyl (C=O) groups excluding carboxylic acids is 2. The lowest BCUT2D eigenvalue weighted by Crippen LogP contribution is -2.68. The minimum absolute atomic E-state index is 0.0257. The summed E-state index contributed by atoms with van der Waals surface area (Å²) in [6.07, 6.45) is 1.28. The normalized spacial score (nSPS) is 25.4. The highest BCUT2D eigenvalue weighted by molar-refractivity contribution is 8.04. The van der Waals surface area contributed by atoms with Gasteiger partial charge in [0, 0.05) is 30.6 Å². The van der Waals surface area contributed by atoms with Crippen molar-refractivity contribution in [1.82, 2.24) is 20.9 Å². The van der Waals surface area contributed by atoms with Gasteiger partial charge < -0.3 is 10.6 Å². The summed E-state index contributed by atoms with van der Waals surface area (Å²) in [5.41, 5.74) is 4.46. The maximum absolute atomic E-state index is 12.9. The Morgan fingerprint density at radius 1 is 1.18 bits per heavy atom. The molecule has 0 bridgehead atoms. The Bertz CT molecular complexity index is 1120. The number of nitrogens with one attached hydrogen (secondary N) is 3. The molecule has 0 aliphatic carbocycles. The van der Waals surface area contributed by atoms with Gasteiger partial charge in [-0.15, -0.1) is 11.8 Å². The molecule has 0 spiro atoms. The summed E-state index contributed by atoms with van der Waals surface area (Å²) < 4.78 is 0. The van der Waals surface area contributed by atoms with E-state index in [1.807, 2.05) is 24.3 Å². The Labute approximate surface area is 209 Å². The molecule has 3 atom stereocenters. The topological polar surface area (TPSA) is 73.5 Å². The van der Waals surface area contributed by atoms with Gasteiger partial charge in [0.1, 0.15) is 11.5 Å². The fourth-order valence-corrected chi connectivity index (χ4v) is 6.29. The first-order valence-electron chi connectivity index (χ1n) is 11.7. The number of piperidine rings is 1. The summed E-state index contributed by atoms with van der Waals surface area (Å²) in [5, 5.41) is 12.5. The van der Waals surface area contributed by atoms with Crippen molar-refractivity contribution in [2.45, 2.75) is 43.9 Å². The lowest BCUT2D eigenvalue weighted by Gasteiger charge is -2.43. The average Bonchev–Trinajstić information content (AvgIpc) is 3.28. The summed E-state index contributed by atoms with van der Waals surface area (Å²) in [7, 11) is 0. The Hall–Kier alpha value is -2.32. The van der Waals surface area contributed by atoms with E-state index < -0.39 is 0 Å². The van der Waals surface area contributed by atoms with Gasteiger partial charge >= 0.3 is 0 Å². The summed E-state index contributed by atoms with van der Waals surface area (Å²) in [4.78, 5) is 27.9. The van der Waals surface area contributed by atoms with E-state index in [1.165, 1.54) is 11.1 Å². The second kappa shape index (κ2) is 10.1. The monoisotopic (exact) mass is 496 g/mol. The highest BCUT2D eigenvalue weighted by Gasteiger charge is 2.44. The van der Waals surface area contributed by atoms with Gasteiger partial charge in [0.2, 0.25) is 11.8 Å². The maximum Gasteiger partial charge on any atom is 0.237 e. The first-order valence-corrected chi connectivity index (χ1v) is 13.1. The van der Waals surface area contributed by atoms with Gasteiger partial charge in [0.05, 0.1) is 6.04 Å². The molecule has 3 aliphatic rings. The molecule has 3 heterocycles. The molecular formula is C26H29ClN4O2S. The first kappa shape index (κ1) is 23.4. The predicted octanol–water partition coefficient (Wildman–Crippen LogP) is 3.50. The predicted molar refractivity (Wildman–Crippen MR) is 137 cm³/mol. The zero-order valence-corrected chi connectivity index (χ0v) is 20.7. The zero-order chi connectivity index (χ0) is 23.7. The third-order valence-electron chi connectivity index (χ3n) is 6.88. The number of fused-ring (bicyclic) bond motifs is 1. The number of rotatable bonds is 5. The van der Waals surface area contributed by atoms with Crippen LogP contribution in [-0.2, 0) is 16.1 Å². The molecule has 3 aliphatic heterocycles. The van der Waals surface area contributed by atoms with E-state index in [0.717, 1.165) is 37.1 Å². The van der Waals surface area contributed by atoms with Crippen LogP contribution >= 0.6 is 23.4 Å². The van der Waals surface area contributed by atoms with Crippen LogP contribution in [0.1, 0.15) is 29.5 Å². The van der Waals surface area contributed by atoms with Gasteiger partial charge in [-0.2, -0.15) is 0 Å². The lowest BCUT2D eigenvalue weighted by molar-refractivity contribution is -0.129. The third-order valence-corrected chi connectivity index (χ3v) is 8.42. The molecule has 2 amide bonds. The number of aryl methyl sites for hydroxylation is 1. The molecule has 0 radical (unpaired) electrons. The largest absolute Gasteiger partial charge is 0.352 e. The maximum atomic E-state index is 12.9. The first-order chi connectivity index (χ1) is 16.5. The molecular weight excluding hydrogens is 468 g/mol. The second-order valence-electron chi connectivity index (χ2n) is 9.17. The van der Waals surface area contributed by atoms with E-state index in [9.17, 15) is 9.59 Å². The van der Waals surface area contributed by atoms with Gasteiger partial charge in [-0.05, 0) is 47.9 Å². The van der Waals surface area contributed by atoms with Crippen molar-refractivity contribution in [3.8, 4) is 0 Å². The number of hydrogen-bond donors (Lipinski definition) is 3. The van der Waals surface area contributed by atoms with E-state index in [4.69, 9.17) is 11.6 Å². The van der Waals surface area contributed by atoms with Crippen molar-refractivity contribution in [3.05, 3.63) is 75.7 Å². The van der Waals surface area contributed by atoms with Crippen molar-refractivity contribution >= 4 is 40.8 Å². The number of hydrogen-bond acceptors (Lipinski definition) is 5. The number of nitrogens with zero attached hydrogens (tertiary/aromatic N) is 1. The fourth-order valence-electron chi connectivity index (χ4n) is 4.94. The SMILES string of the molecule is Cc1cccc(C2=CSC3C(=O)NC(N4CCC(C(=O)NCc5ccccc5Cl)CC4)NC23)c1. The smallest absolute Gasteiger partial charge is 0.237 e. The number of benzene rings is 2. The standard InChI is InChI=1S/C26H29ClN4O2S/c1-16-5-4-7-18(13-16)20-15-34-23-22(20)29-26(30-25(23)33)31-11-9-17(10-12-31)24(32)28-14-19-6-2-3-8-21(19)27/h2-8,13,15,17,22-23,26,29H,9-12,14H2,1H3,(H,28,32)(H,30,33). The van der Waals surface area contributed by atoms with Crippen LogP contribution in [0.3, 0.4) is 0 Å². The van der Waals surface area contributed by atoms with Crippen LogP contribution in [0, 0.1) is 12.8 Å². The summed E-state index contributed by atoms with van der Waals surface area (Å²) in [5.74, 6) is 0.102. The van der Waals surface area contributed by atoms with Crippen LogP contribution in [0.2, 0.25) is 5.02 Å². The molecule has 0 saturated carbocycles. The summed E-state index contributed by atoms with van der Waals surface area (Å²) in [6, 6.07) is 16.0. The number of amides is 2. The molecule has 3 N–H and O–H groups in total. The van der Waals surface area contributed by atoms with Gasteiger partial charge in [-0.3, -0.25) is 19.8 Å². The quantitative estimate of drug-likeness (QED) is 0.591. The van der Waals surface area contributed by atoms with E-state index in [2.05, 4.69) is 57.4 Å². The van der Waals surface area contributed by atoms with E-state index >= 15 is 0 Å². The van der Waals surface area contributed by atoms with Crippen LogP contribution in [0.5, 0.6) is 0 Å². The molecule has 178 valence electrons. The fraction of sp³-hybridized carbons (Fsp3) is 0.385. The molecule has 34 heavy (non-hydrogen) atoms. The summed E-state index contributed by atoms with van der Waals surface area (Å²) >= 11 is 7.78. The van der Waals surface area contributed by atoms with Crippen LogP contribution in [-0.4, -0.2) is 47.4 Å². The molecule has 3 unspecified atom stereocenters. The zero-order valence-electron chi connectivity index (χ0n) is 19.1. The van der Waals surface area contributed by atoms with Crippen LogP contribution in [0.4, 0.5) is 0 Å². The third kappa shape index (κ3) is 4.89. The average molecular weight is 497 g/mol. The van der Waals surface area contributed by atoms with Crippen molar-refractivity contribution in [2.75, 3.05) is 13.1 Å². The van der Waals surface area contributed by atoms with Crippen molar-refractivity contribution in [3.63, 3.8) is 0 Å². The minimum Gasteiger partial charge on any atom is -0.352 e. The molecule has 6 nitrogen and oxygen atoms in total. The number of likely N-dealkylation sites (tertiary alicyclic amines) is 1. The van der Waals surface area contributed by atoms with Crippen molar-refractivity contribution < 1.29 is 9.59 Å². The number of halogens is 1.